The molecule has 0 unspecified atom stereocenters. The molecule has 0 atom stereocenters. The van der Waals surface area contributed by atoms with Gasteiger partial charge >= 0.3 is 5.97 Å². The van der Waals surface area contributed by atoms with Crippen LogP contribution in [0.3, 0.4) is 0 Å². The number of carboxylic acid groups (broad SMARTS) is 1. The lowest BCUT2D eigenvalue weighted by Crippen LogP contribution is -1.99. The van der Waals surface area contributed by atoms with Crippen LogP contribution < -0.4 is 0 Å². The summed E-state index contributed by atoms with van der Waals surface area (Å²) in [5.74, 6) is -1.02. The Hall–Kier alpha value is -2.88. The Balaban J connectivity index is 2.18. The Bertz CT molecular complexity index is 792. The van der Waals surface area contributed by atoms with Crippen molar-refractivity contribution < 1.29 is 9.90 Å². The number of aromatic carboxylic acids is 1. The van der Waals surface area contributed by atoms with E-state index in [9.17, 15) is 4.79 Å². The summed E-state index contributed by atoms with van der Waals surface area (Å²) < 4.78 is 1.60. The van der Waals surface area contributed by atoms with Crippen molar-refractivity contribution in [3.8, 4) is 22.4 Å². The first-order chi connectivity index (χ1) is 10.2. The molecule has 0 spiro atoms. The molecule has 0 fully saturated rings. The molecular formula is C17H14N2O2. The summed E-state index contributed by atoms with van der Waals surface area (Å²) in [6.07, 6.45) is 0. The lowest BCUT2D eigenvalue weighted by atomic mass is 9.97. The average Bonchev–Trinajstić information content (AvgIpc) is 2.90. The molecule has 0 aliphatic heterocycles. The summed E-state index contributed by atoms with van der Waals surface area (Å²) in [7, 11) is 1.75. The average molecular weight is 278 g/mol. The van der Waals surface area contributed by atoms with E-state index >= 15 is 0 Å². The maximum atomic E-state index is 11.1. The molecule has 0 aliphatic rings. The van der Waals surface area contributed by atoms with Crippen molar-refractivity contribution in [3.63, 3.8) is 0 Å². The lowest BCUT2D eigenvalue weighted by Gasteiger charge is -2.09. The Morgan fingerprint density at radius 1 is 1.00 bits per heavy atom. The fraction of sp³-hybridized carbons (Fsp3) is 0.0588. The third kappa shape index (κ3) is 2.43. The molecule has 2 aromatic carbocycles. The highest BCUT2D eigenvalue weighted by Gasteiger charge is 2.15. The van der Waals surface area contributed by atoms with E-state index in [0.29, 0.717) is 0 Å². The minimum absolute atomic E-state index is 0.0513. The Kier molecular flexibility index (Phi) is 3.28. The van der Waals surface area contributed by atoms with Crippen LogP contribution in [-0.4, -0.2) is 20.9 Å². The summed E-state index contributed by atoms with van der Waals surface area (Å²) in [6.45, 7) is 0. The summed E-state index contributed by atoms with van der Waals surface area (Å²) in [5, 5.41) is 13.1. The van der Waals surface area contributed by atoms with Gasteiger partial charge < -0.3 is 5.11 Å². The number of carbonyl (C=O) groups is 1. The van der Waals surface area contributed by atoms with E-state index in [1.165, 1.54) is 0 Å². The number of hydrogen-bond donors (Lipinski definition) is 1. The van der Waals surface area contributed by atoms with Gasteiger partial charge in [-0.15, -0.1) is 0 Å². The minimum Gasteiger partial charge on any atom is -0.476 e. The zero-order valence-corrected chi connectivity index (χ0v) is 11.5. The summed E-state index contributed by atoms with van der Waals surface area (Å²) in [6, 6.07) is 19.5. The molecule has 1 aromatic heterocycles. The lowest BCUT2D eigenvalue weighted by molar-refractivity contribution is 0.0689. The number of benzene rings is 2. The number of carboxylic acids is 1. The standard InChI is InChI=1S/C17H14N2O2/c1-19-16(11-15(18-19)17(20)21)14-10-6-5-9-13(14)12-7-3-2-4-8-12/h2-11H,1H3,(H,20,21). The molecule has 0 amide bonds. The Morgan fingerprint density at radius 2 is 1.62 bits per heavy atom. The molecule has 4 heteroatoms. The predicted octanol–water partition coefficient (Wildman–Crippen LogP) is 3.45. The van der Waals surface area contributed by atoms with E-state index < -0.39 is 5.97 Å². The SMILES string of the molecule is Cn1nc(C(=O)O)cc1-c1ccccc1-c1ccccc1. The first kappa shape index (κ1) is 13.1. The molecule has 21 heavy (non-hydrogen) atoms. The second kappa shape index (κ2) is 5.25. The highest BCUT2D eigenvalue weighted by molar-refractivity contribution is 5.89. The second-order valence-corrected chi connectivity index (χ2v) is 4.76. The van der Waals surface area contributed by atoms with Gasteiger partial charge in [0.05, 0.1) is 5.69 Å². The molecule has 0 saturated carbocycles. The molecule has 0 aliphatic carbocycles. The largest absolute Gasteiger partial charge is 0.476 e. The molecule has 4 nitrogen and oxygen atoms in total. The predicted molar refractivity (Wildman–Crippen MR) is 81.0 cm³/mol. The zero-order valence-electron chi connectivity index (χ0n) is 11.5. The maximum absolute atomic E-state index is 11.1. The van der Waals surface area contributed by atoms with Crippen LogP contribution in [0.5, 0.6) is 0 Å². The summed E-state index contributed by atoms with van der Waals surface area (Å²) in [4.78, 5) is 11.1. The van der Waals surface area contributed by atoms with Crippen LogP contribution in [0.2, 0.25) is 0 Å². The van der Waals surface area contributed by atoms with Crippen molar-refractivity contribution in [2.24, 2.45) is 7.05 Å². The quantitative estimate of drug-likeness (QED) is 0.798. The Labute approximate surface area is 122 Å². The zero-order chi connectivity index (χ0) is 14.8. The fourth-order valence-corrected chi connectivity index (χ4v) is 2.40. The molecule has 3 aromatic rings. The smallest absolute Gasteiger partial charge is 0.356 e. The van der Waals surface area contributed by atoms with E-state index in [0.717, 1.165) is 22.4 Å². The van der Waals surface area contributed by atoms with Crippen molar-refractivity contribution in [1.29, 1.82) is 0 Å². The van der Waals surface area contributed by atoms with Gasteiger partial charge in [-0.1, -0.05) is 54.6 Å². The molecule has 0 radical (unpaired) electrons. The normalized spacial score (nSPS) is 10.5. The maximum Gasteiger partial charge on any atom is 0.356 e. The van der Waals surface area contributed by atoms with Crippen LogP contribution in [0.4, 0.5) is 0 Å². The van der Waals surface area contributed by atoms with Crippen LogP contribution >= 0.6 is 0 Å². The van der Waals surface area contributed by atoms with Crippen LogP contribution in [-0.2, 0) is 7.05 Å². The van der Waals surface area contributed by atoms with Crippen LogP contribution in [0, 0.1) is 0 Å². The van der Waals surface area contributed by atoms with Crippen LogP contribution in [0.15, 0.2) is 60.7 Å². The van der Waals surface area contributed by atoms with Crippen molar-refractivity contribution in [3.05, 3.63) is 66.4 Å². The number of aryl methyl sites for hydroxylation is 1. The van der Waals surface area contributed by atoms with E-state index in [1.54, 1.807) is 17.8 Å². The second-order valence-electron chi connectivity index (χ2n) is 4.76. The van der Waals surface area contributed by atoms with Gasteiger partial charge in [0.15, 0.2) is 5.69 Å². The van der Waals surface area contributed by atoms with E-state index in [-0.39, 0.29) is 5.69 Å². The fourth-order valence-electron chi connectivity index (χ4n) is 2.40. The molecule has 0 bridgehead atoms. The number of hydrogen-bond acceptors (Lipinski definition) is 2. The monoisotopic (exact) mass is 278 g/mol. The summed E-state index contributed by atoms with van der Waals surface area (Å²) in [5.41, 5.74) is 3.94. The highest BCUT2D eigenvalue weighted by atomic mass is 16.4. The first-order valence-electron chi connectivity index (χ1n) is 6.59. The molecule has 0 saturated heterocycles. The third-order valence-corrected chi connectivity index (χ3v) is 3.39. The molecule has 1 heterocycles. The number of rotatable bonds is 3. The highest BCUT2D eigenvalue weighted by Crippen LogP contribution is 2.31. The molecule has 104 valence electrons. The van der Waals surface area contributed by atoms with Crippen molar-refractivity contribution in [2.45, 2.75) is 0 Å². The topological polar surface area (TPSA) is 55.1 Å². The summed E-state index contributed by atoms with van der Waals surface area (Å²) >= 11 is 0. The van der Waals surface area contributed by atoms with Gasteiger partial charge in [-0.05, 0) is 17.2 Å². The molecule has 1 N–H and O–H groups in total. The van der Waals surface area contributed by atoms with Crippen LogP contribution in [0.1, 0.15) is 10.5 Å². The third-order valence-electron chi connectivity index (χ3n) is 3.39. The number of aromatic nitrogens is 2. The van der Waals surface area contributed by atoms with Gasteiger partial charge in [-0.25, -0.2) is 4.79 Å². The number of nitrogens with zero attached hydrogens (tertiary/aromatic N) is 2. The van der Waals surface area contributed by atoms with E-state index in [1.807, 2.05) is 54.6 Å². The van der Waals surface area contributed by atoms with E-state index in [4.69, 9.17) is 5.11 Å². The van der Waals surface area contributed by atoms with Gasteiger partial charge in [0.1, 0.15) is 0 Å². The van der Waals surface area contributed by atoms with Gasteiger partial charge in [-0.3, -0.25) is 4.68 Å². The molecular weight excluding hydrogens is 264 g/mol. The van der Waals surface area contributed by atoms with Gasteiger partial charge in [-0.2, -0.15) is 5.10 Å². The van der Waals surface area contributed by atoms with Crippen molar-refractivity contribution in [2.75, 3.05) is 0 Å². The van der Waals surface area contributed by atoms with E-state index in [2.05, 4.69) is 5.10 Å². The van der Waals surface area contributed by atoms with Gasteiger partial charge in [0.25, 0.3) is 0 Å². The van der Waals surface area contributed by atoms with Crippen molar-refractivity contribution >= 4 is 5.97 Å². The van der Waals surface area contributed by atoms with Crippen molar-refractivity contribution in [1.82, 2.24) is 9.78 Å². The van der Waals surface area contributed by atoms with Gasteiger partial charge in [0, 0.05) is 12.6 Å². The minimum atomic E-state index is -1.02. The molecule has 3 rings (SSSR count). The van der Waals surface area contributed by atoms with Gasteiger partial charge in [0.2, 0.25) is 0 Å². The van der Waals surface area contributed by atoms with Crippen LogP contribution in [0.25, 0.3) is 22.4 Å². The Morgan fingerprint density at radius 3 is 2.24 bits per heavy atom. The first-order valence-corrected chi connectivity index (χ1v) is 6.59.